The normalized spacial score (nSPS) is 10.5. The SMILES string of the molecule is NCc1cccc(F)c1Sc1ccccc1Cl. The van der Waals surface area contributed by atoms with Crippen LogP contribution in [-0.2, 0) is 6.54 Å². The second kappa shape index (κ2) is 5.54. The fraction of sp³-hybridized carbons (Fsp3) is 0.0769. The predicted molar refractivity (Wildman–Crippen MR) is 69.9 cm³/mol. The Hall–Kier alpha value is -1.03. The van der Waals surface area contributed by atoms with Crippen molar-refractivity contribution in [3.05, 3.63) is 58.9 Å². The van der Waals surface area contributed by atoms with Gasteiger partial charge in [0.15, 0.2) is 0 Å². The van der Waals surface area contributed by atoms with E-state index in [1.54, 1.807) is 12.1 Å². The third kappa shape index (κ3) is 2.80. The second-order valence-corrected chi connectivity index (χ2v) is 4.92. The molecule has 0 saturated carbocycles. The lowest BCUT2D eigenvalue weighted by atomic mass is 10.2. The van der Waals surface area contributed by atoms with Crippen LogP contribution in [0.15, 0.2) is 52.3 Å². The first-order chi connectivity index (χ1) is 8.22. The molecule has 0 aliphatic rings. The van der Waals surface area contributed by atoms with Crippen LogP contribution in [-0.4, -0.2) is 0 Å². The lowest BCUT2D eigenvalue weighted by molar-refractivity contribution is 0.597. The van der Waals surface area contributed by atoms with Crippen LogP contribution in [0.2, 0.25) is 5.02 Å². The van der Waals surface area contributed by atoms with E-state index in [9.17, 15) is 4.39 Å². The summed E-state index contributed by atoms with van der Waals surface area (Å²) in [5.74, 6) is -0.266. The summed E-state index contributed by atoms with van der Waals surface area (Å²) in [5, 5.41) is 0.615. The zero-order valence-corrected chi connectivity index (χ0v) is 10.6. The second-order valence-electron chi connectivity index (χ2n) is 3.46. The summed E-state index contributed by atoms with van der Waals surface area (Å²) < 4.78 is 13.7. The maximum absolute atomic E-state index is 13.7. The first-order valence-electron chi connectivity index (χ1n) is 5.12. The van der Waals surface area contributed by atoms with Gasteiger partial charge in [0, 0.05) is 11.4 Å². The molecule has 1 nitrogen and oxygen atoms in total. The molecule has 2 aromatic carbocycles. The maximum atomic E-state index is 13.7. The first kappa shape index (κ1) is 12.4. The van der Waals surface area contributed by atoms with Gasteiger partial charge in [0.25, 0.3) is 0 Å². The highest BCUT2D eigenvalue weighted by Gasteiger charge is 2.10. The van der Waals surface area contributed by atoms with Crippen molar-refractivity contribution in [1.29, 1.82) is 0 Å². The highest BCUT2D eigenvalue weighted by atomic mass is 35.5. The summed E-state index contributed by atoms with van der Waals surface area (Å²) in [6, 6.07) is 12.3. The number of benzene rings is 2. The van der Waals surface area contributed by atoms with Gasteiger partial charge in [-0.15, -0.1) is 0 Å². The highest BCUT2D eigenvalue weighted by Crippen LogP contribution is 2.36. The van der Waals surface area contributed by atoms with Gasteiger partial charge < -0.3 is 5.73 Å². The van der Waals surface area contributed by atoms with E-state index in [1.165, 1.54) is 17.8 Å². The van der Waals surface area contributed by atoms with Crippen molar-refractivity contribution < 1.29 is 4.39 Å². The molecule has 4 heteroatoms. The molecule has 0 radical (unpaired) electrons. The lowest BCUT2D eigenvalue weighted by Gasteiger charge is -2.09. The molecule has 0 aliphatic heterocycles. The minimum absolute atomic E-state index is 0.266. The molecule has 0 atom stereocenters. The molecule has 2 rings (SSSR count). The molecule has 2 N–H and O–H groups in total. The van der Waals surface area contributed by atoms with Gasteiger partial charge in [0.05, 0.1) is 9.92 Å². The van der Waals surface area contributed by atoms with E-state index in [-0.39, 0.29) is 5.82 Å². The van der Waals surface area contributed by atoms with Crippen LogP contribution in [0.25, 0.3) is 0 Å². The number of hydrogen-bond acceptors (Lipinski definition) is 2. The zero-order chi connectivity index (χ0) is 12.3. The topological polar surface area (TPSA) is 26.0 Å². The molecule has 0 amide bonds. The fourth-order valence-corrected chi connectivity index (χ4v) is 2.70. The molecular weight excluding hydrogens is 257 g/mol. The average molecular weight is 268 g/mol. The Bertz CT molecular complexity index is 531. The van der Waals surface area contributed by atoms with Crippen LogP contribution in [0.3, 0.4) is 0 Å². The molecular formula is C13H11ClFNS. The number of hydrogen-bond donors (Lipinski definition) is 1. The quantitative estimate of drug-likeness (QED) is 0.906. The summed E-state index contributed by atoms with van der Waals surface area (Å²) in [5.41, 5.74) is 6.39. The van der Waals surface area contributed by atoms with Crippen molar-refractivity contribution >= 4 is 23.4 Å². The molecule has 0 unspecified atom stereocenters. The maximum Gasteiger partial charge on any atom is 0.137 e. The molecule has 2 aromatic rings. The molecule has 0 aromatic heterocycles. The molecule has 0 spiro atoms. The van der Waals surface area contributed by atoms with Gasteiger partial charge in [-0.3, -0.25) is 0 Å². The Kier molecular flexibility index (Phi) is 4.05. The van der Waals surface area contributed by atoms with E-state index < -0.39 is 0 Å². The molecule has 0 heterocycles. The van der Waals surface area contributed by atoms with Crippen LogP contribution in [0.1, 0.15) is 5.56 Å². The summed E-state index contributed by atoms with van der Waals surface area (Å²) in [6.07, 6.45) is 0. The van der Waals surface area contributed by atoms with E-state index >= 15 is 0 Å². The lowest BCUT2D eigenvalue weighted by Crippen LogP contribution is -1.99. The van der Waals surface area contributed by atoms with Crippen LogP contribution in [0.4, 0.5) is 4.39 Å². The minimum Gasteiger partial charge on any atom is -0.326 e. The fourth-order valence-electron chi connectivity index (χ4n) is 1.47. The van der Waals surface area contributed by atoms with Gasteiger partial charge in [-0.25, -0.2) is 4.39 Å². The summed E-state index contributed by atoms with van der Waals surface area (Å²) >= 11 is 7.35. The van der Waals surface area contributed by atoms with Crippen molar-refractivity contribution in [1.82, 2.24) is 0 Å². The Morgan fingerprint density at radius 3 is 2.59 bits per heavy atom. The van der Waals surface area contributed by atoms with Crippen molar-refractivity contribution in [3.63, 3.8) is 0 Å². The van der Waals surface area contributed by atoms with Gasteiger partial charge >= 0.3 is 0 Å². The van der Waals surface area contributed by atoms with E-state index in [1.807, 2.05) is 24.3 Å². The van der Waals surface area contributed by atoms with Gasteiger partial charge in [-0.1, -0.05) is 47.6 Å². The van der Waals surface area contributed by atoms with Crippen molar-refractivity contribution in [2.45, 2.75) is 16.3 Å². The minimum atomic E-state index is -0.266. The Morgan fingerprint density at radius 1 is 1.12 bits per heavy atom. The predicted octanol–water partition coefficient (Wildman–Crippen LogP) is 4.09. The van der Waals surface area contributed by atoms with Crippen LogP contribution >= 0.6 is 23.4 Å². The van der Waals surface area contributed by atoms with Crippen LogP contribution < -0.4 is 5.73 Å². The van der Waals surface area contributed by atoms with Gasteiger partial charge in [0.1, 0.15) is 5.82 Å². The van der Waals surface area contributed by atoms with Gasteiger partial charge in [-0.05, 0) is 23.8 Å². The van der Waals surface area contributed by atoms with Crippen LogP contribution in [0.5, 0.6) is 0 Å². The van der Waals surface area contributed by atoms with Gasteiger partial charge in [-0.2, -0.15) is 0 Å². The third-order valence-electron chi connectivity index (χ3n) is 2.32. The van der Waals surface area contributed by atoms with E-state index in [4.69, 9.17) is 17.3 Å². The molecule has 17 heavy (non-hydrogen) atoms. The Morgan fingerprint density at radius 2 is 1.88 bits per heavy atom. The summed E-state index contributed by atoms with van der Waals surface area (Å²) in [6.45, 7) is 0.310. The molecule has 88 valence electrons. The first-order valence-corrected chi connectivity index (χ1v) is 6.31. The van der Waals surface area contributed by atoms with E-state index in [2.05, 4.69) is 0 Å². The molecule has 0 saturated heterocycles. The molecule has 0 fully saturated rings. The highest BCUT2D eigenvalue weighted by molar-refractivity contribution is 7.99. The Balaban J connectivity index is 2.39. The molecule has 0 bridgehead atoms. The standard InChI is InChI=1S/C13H11ClFNS/c14-10-5-1-2-7-12(10)17-13-9(8-16)4-3-6-11(13)15/h1-7H,8,16H2. The summed E-state index contributed by atoms with van der Waals surface area (Å²) in [4.78, 5) is 1.37. The largest absolute Gasteiger partial charge is 0.326 e. The number of rotatable bonds is 3. The molecule has 0 aliphatic carbocycles. The number of halogens is 2. The number of nitrogens with two attached hydrogens (primary N) is 1. The van der Waals surface area contributed by atoms with Crippen molar-refractivity contribution in [2.75, 3.05) is 0 Å². The van der Waals surface area contributed by atoms with Crippen LogP contribution in [0, 0.1) is 5.82 Å². The monoisotopic (exact) mass is 267 g/mol. The van der Waals surface area contributed by atoms with E-state index in [0.29, 0.717) is 16.5 Å². The van der Waals surface area contributed by atoms with Crippen molar-refractivity contribution in [3.8, 4) is 0 Å². The summed E-state index contributed by atoms with van der Waals surface area (Å²) in [7, 11) is 0. The Labute approximate surface area is 109 Å². The smallest absolute Gasteiger partial charge is 0.137 e. The van der Waals surface area contributed by atoms with Gasteiger partial charge in [0.2, 0.25) is 0 Å². The third-order valence-corrected chi connectivity index (χ3v) is 4.00. The average Bonchev–Trinajstić information content (AvgIpc) is 2.34. The zero-order valence-electron chi connectivity index (χ0n) is 8.99. The van der Waals surface area contributed by atoms with Crippen molar-refractivity contribution in [2.24, 2.45) is 5.73 Å². The van der Waals surface area contributed by atoms with E-state index in [0.717, 1.165) is 10.5 Å².